The van der Waals surface area contributed by atoms with Gasteiger partial charge in [0, 0.05) is 17.3 Å². The molecule has 1 heterocycles. The number of fused-ring (bicyclic) bond motifs is 1. The normalized spacial score (nSPS) is 16.1. The summed E-state index contributed by atoms with van der Waals surface area (Å²) in [5.41, 5.74) is -0.0215. The molecule has 0 aliphatic heterocycles. The fraction of sp³-hybridized carbons (Fsp3) is 0.692. The van der Waals surface area contributed by atoms with Crippen LogP contribution in [-0.4, -0.2) is 21.7 Å². The van der Waals surface area contributed by atoms with Gasteiger partial charge in [-0.05, 0) is 32.6 Å². The van der Waals surface area contributed by atoms with E-state index in [4.69, 9.17) is 0 Å². The molecule has 2 rings (SSSR count). The van der Waals surface area contributed by atoms with Gasteiger partial charge in [-0.3, -0.25) is 9.48 Å². The Labute approximate surface area is 115 Å². The minimum Gasteiger partial charge on any atom is -0.352 e. The third-order valence-corrected chi connectivity index (χ3v) is 3.59. The number of carbonyl (C=O) groups excluding carboxylic acids is 1. The van der Waals surface area contributed by atoms with Gasteiger partial charge in [0.15, 0.2) is 5.69 Å². The predicted octanol–water partition coefficient (Wildman–Crippen LogP) is 2.31. The van der Waals surface area contributed by atoms with E-state index in [2.05, 4.69) is 10.4 Å². The molecule has 1 aromatic rings. The maximum absolute atomic E-state index is 12.9. The third kappa shape index (κ3) is 2.96. The van der Waals surface area contributed by atoms with E-state index in [1.807, 2.05) is 13.8 Å². The molecular formula is C13H18F3N3O. The monoisotopic (exact) mass is 289 g/mol. The van der Waals surface area contributed by atoms with Gasteiger partial charge in [-0.2, -0.15) is 18.3 Å². The fourth-order valence-electron chi connectivity index (χ4n) is 2.43. The molecule has 7 heteroatoms. The second-order valence-corrected chi connectivity index (χ2v) is 5.16. The van der Waals surface area contributed by atoms with Gasteiger partial charge in [0.1, 0.15) is 6.54 Å². The highest BCUT2D eigenvalue weighted by molar-refractivity contribution is 5.76. The summed E-state index contributed by atoms with van der Waals surface area (Å²) < 4.78 is 39.9. The molecule has 0 aromatic carbocycles. The summed E-state index contributed by atoms with van der Waals surface area (Å²) in [7, 11) is 0. The Balaban J connectivity index is 2.19. The molecule has 112 valence electrons. The van der Waals surface area contributed by atoms with Gasteiger partial charge in [-0.15, -0.1) is 0 Å². The van der Waals surface area contributed by atoms with E-state index in [1.54, 1.807) is 0 Å². The highest BCUT2D eigenvalue weighted by Gasteiger charge is 2.40. The Morgan fingerprint density at radius 2 is 2.15 bits per heavy atom. The first-order valence-electron chi connectivity index (χ1n) is 6.78. The number of hydrogen-bond acceptors (Lipinski definition) is 2. The maximum atomic E-state index is 12.9. The molecule has 4 nitrogen and oxygen atoms in total. The zero-order valence-electron chi connectivity index (χ0n) is 11.5. The van der Waals surface area contributed by atoms with E-state index in [0.29, 0.717) is 25.0 Å². The molecule has 1 aromatic heterocycles. The maximum Gasteiger partial charge on any atom is 0.435 e. The van der Waals surface area contributed by atoms with Crippen LogP contribution in [-0.2, 0) is 30.4 Å². The Morgan fingerprint density at radius 3 is 2.75 bits per heavy atom. The zero-order chi connectivity index (χ0) is 14.9. The lowest BCUT2D eigenvalue weighted by Crippen LogP contribution is -2.35. The Morgan fingerprint density at radius 1 is 1.45 bits per heavy atom. The second kappa shape index (κ2) is 5.46. The summed E-state index contributed by atoms with van der Waals surface area (Å²) in [6.07, 6.45) is -2.06. The summed E-state index contributed by atoms with van der Waals surface area (Å²) in [5, 5.41) is 6.34. The van der Waals surface area contributed by atoms with Crippen LogP contribution < -0.4 is 5.32 Å². The highest BCUT2D eigenvalue weighted by Crippen LogP contribution is 2.36. The van der Waals surface area contributed by atoms with Gasteiger partial charge >= 0.3 is 6.18 Å². The number of nitrogens with one attached hydrogen (secondary N) is 1. The lowest BCUT2D eigenvalue weighted by Gasteiger charge is -2.12. The SMILES string of the molecule is CC[C@@H](C)NC(=O)Cn1nc(C(F)(F)F)c2c1CCC2. The number of alkyl halides is 3. The molecule has 0 unspecified atom stereocenters. The molecule has 0 bridgehead atoms. The van der Waals surface area contributed by atoms with Gasteiger partial charge < -0.3 is 5.32 Å². The number of hydrogen-bond donors (Lipinski definition) is 1. The van der Waals surface area contributed by atoms with Crippen molar-refractivity contribution in [3.63, 3.8) is 0 Å². The average Bonchev–Trinajstić information content (AvgIpc) is 2.91. The molecule has 1 atom stereocenters. The van der Waals surface area contributed by atoms with Crippen LogP contribution in [0.15, 0.2) is 0 Å². The van der Waals surface area contributed by atoms with E-state index in [0.717, 1.165) is 6.42 Å². The summed E-state index contributed by atoms with van der Waals surface area (Å²) in [6, 6.07) is 0.00759. The van der Waals surface area contributed by atoms with Crippen molar-refractivity contribution in [3.05, 3.63) is 17.0 Å². The highest BCUT2D eigenvalue weighted by atomic mass is 19.4. The zero-order valence-corrected chi connectivity index (χ0v) is 11.5. The second-order valence-electron chi connectivity index (χ2n) is 5.16. The van der Waals surface area contributed by atoms with Crippen molar-refractivity contribution in [2.75, 3.05) is 0 Å². The van der Waals surface area contributed by atoms with Crippen LogP contribution in [0, 0.1) is 0 Å². The topological polar surface area (TPSA) is 46.9 Å². The van der Waals surface area contributed by atoms with Crippen molar-refractivity contribution in [3.8, 4) is 0 Å². The number of carbonyl (C=O) groups is 1. The molecule has 0 radical (unpaired) electrons. The molecule has 0 spiro atoms. The standard InChI is InChI=1S/C13H18F3N3O/c1-3-8(2)17-11(20)7-19-10-6-4-5-9(10)12(18-19)13(14,15)16/h8H,3-7H2,1-2H3,(H,17,20)/t8-/m1/s1. The van der Waals surface area contributed by atoms with E-state index in [1.165, 1.54) is 4.68 Å². The molecule has 20 heavy (non-hydrogen) atoms. The predicted molar refractivity (Wildman–Crippen MR) is 67.1 cm³/mol. The van der Waals surface area contributed by atoms with Crippen molar-refractivity contribution in [1.82, 2.24) is 15.1 Å². The van der Waals surface area contributed by atoms with Crippen LogP contribution in [0.4, 0.5) is 13.2 Å². The molecule has 1 N–H and O–H groups in total. The van der Waals surface area contributed by atoms with Crippen molar-refractivity contribution in [2.24, 2.45) is 0 Å². The summed E-state index contributed by atoms with van der Waals surface area (Å²) in [4.78, 5) is 11.8. The molecule has 0 fully saturated rings. The van der Waals surface area contributed by atoms with E-state index in [9.17, 15) is 18.0 Å². The van der Waals surface area contributed by atoms with E-state index < -0.39 is 11.9 Å². The first-order valence-corrected chi connectivity index (χ1v) is 6.78. The Bertz CT molecular complexity index is 508. The lowest BCUT2D eigenvalue weighted by molar-refractivity contribution is -0.142. The van der Waals surface area contributed by atoms with Crippen LogP contribution in [0.2, 0.25) is 0 Å². The van der Waals surface area contributed by atoms with E-state index >= 15 is 0 Å². The molecule has 1 aliphatic rings. The number of nitrogens with zero attached hydrogens (tertiary/aromatic N) is 2. The molecule has 0 saturated carbocycles. The quantitative estimate of drug-likeness (QED) is 0.924. The van der Waals surface area contributed by atoms with Crippen molar-refractivity contribution < 1.29 is 18.0 Å². The van der Waals surface area contributed by atoms with Crippen LogP contribution in [0.1, 0.15) is 43.6 Å². The van der Waals surface area contributed by atoms with Gasteiger partial charge in [-0.25, -0.2) is 0 Å². The first kappa shape index (κ1) is 14.9. The van der Waals surface area contributed by atoms with Gasteiger partial charge in [0.25, 0.3) is 0 Å². The molecule has 1 aliphatic carbocycles. The smallest absolute Gasteiger partial charge is 0.352 e. The minimum absolute atomic E-state index is 0.00759. The number of halogens is 3. The van der Waals surface area contributed by atoms with Crippen molar-refractivity contribution >= 4 is 5.91 Å². The minimum atomic E-state index is -4.45. The number of aromatic nitrogens is 2. The number of rotatable bonds is 4. The lowest BCUT2D eigenvalue weighted by atomic mass is 10.2. The Kier molecular flexibility index (Phi) is 4.06. The first-order chi connectivity index (χ1) is 9.32. The fourth-order valence-corrected chi connectivity index (χ4v) is 2.43. The van der Waals surface area contributed by atoms with Gasteiger partial charge in [-0.1, -0.05) is 6.92 Å². The van der Waals surface area contributed by atoms with Crippen LogP contribution >= 0.6 is 0 Å². The van der Waals surface area contributed by atoms with Crippen molar-refractivity contribution in [1.29, 1.82) is 0 Å². The van der Waals surface area contributed by atoms with Gasteiger partial charge in [0.05, 0.1) is 0 Å². The van der Waals surface area contributed by atoms with E-state index in [-0.39, 0.29) is 24.1 Å². The molecule has 1 amide bonds. The third-order valence-electron chi connectivity index (χ3n) is 3.59. The molecule has 0 saturated heterocycles. The average molecular weight is 289 g/mol. The van der Waals surface area contributed by atoms with Gasteiger partial charge in [0.2, 0.25) is 5.91 Å². The summed E-state index contributed by atoms with van der Waals surface area (Å²) in [6.45, 7) is 3.63. The number of amides is 1. The largest absolute Gasteiger partial charge is 0.435 e. The Hall–Kier alpha value is -1.53. The van der Waals surface area contributed by atoms with Crippen LogP contribution in [0.3, 0.4) is 0 Å². The summed E-state index contributed by atoms with van der Waals surface area (Å²) >= 11 is 0. The van der Waals surface area contributed by atoms with Crippen LogP contribution in [0.25, 0.3) is 0 Å². The van der Waals surface area contributed by atoms with Crippen molar-refractivity contribution in [2.45, 2.75) is 58.3 Å². The summed E-state index contributed by atoms with van der Waals surface area (Å²) in [5.74, 6) is -0.301. The van der Waals surface area contributed by atoms with Crippen LogP contribution in [0.5, 0.6) is 0 Å². The molecular weight excluding hydrogens is 271 g/mol.